The molecule has 1 aliphatic rings. The Labute approximate surface area is 181 Å². The Morgan fingerprint density at radius 2 is 1.06 bits per heavy atom. The predicted octanol–water partition coefficient (Wildman–Crippen LogP) is 5.52. The third kappa shape index (κ3) is 2.82. The molecule has 150 valence electrons. The lowest BCUT2D eigenvalue weighted by Gasteiger charge is -2.43. The van der Waals surface area contributed by atoms with Gasteiger partial charge in [-0.3, -0.25) is 14.5 Å². The molecule has 0 N–H and O–H groups in total. The number of anilines is 1. The maximum Gasteiger partial charge on any atom is 0.300 e. The monoisotopic (exact) mass is 403 g/mol. The summed E-state index contributed by atoms with van der Waals surface area (Å²) in [6.45, 7) is 1.93. The largest absolute Gasteiger partial charge is 0.300 e. The average Bonchev–Trinajstić information content (AvgIpc) is 3.07. The minimum Gasteiger partial charge on any atom is -0.286 e. The van der Waals surface area contributed by atoms with Crippen LogP contribution in [0, 0.1) is 6.92 Å². The van der Waals surface area contributed by atoms with E-state index in [4.69, 9.17) is 0 Å². The molecule has 4 aromatic rings. The molecular weight excluding hydrogens is 382 g/mol. The van der Waals surface area contributed by atoms with Gasteiger partial charge in [0.15, 0.2) is 0 Å². The lowest BCUT2D eigenvalue weighted by molar-refractivity contribution is -0.115. The maximum absolute atomic E-state index is 13.6. The van der Waals surface area contributed by atoms with Crippen molar-refractivity contribution in [1.29, 1.82) is 0 Å². The van der Waals surface area contributed by atoms with Crippen molar-refractivity contribution in [3.8, 4) is 0 Å². The third-order valence-corrected chi connectivity index (χ3v) is 5.95. The third-order valence-electron chi connectivity index (χ3n) is 5.95. The van der Waals surface area contributed by atoms with Crippen LogP contribution in [-0.2, 0) is 10.3 Å². The number of Topliss-reactive ketones (excluding diaryl/α,β-unsaturated/α-hetero) is 1. The van der Waals surface area contributed by atoms with Crippen LogP contribution in [0.3, 0.4) is 0 Å². The van der Waals surface area contributed by atoms with Gasteiger partial charge in [0.25, 0.3) is 5.78 Å². The van der Waals surface area contributed by atoms with Gasteiger partial charge in [-0.05, 0) is 35.7 Å². The van der Waals surface area contributed by atoms with Crippen LogP contribution < -0.4 is 4.90 Å². The average molecular weight is 403 g/mol. The highest BCUT2D eigenvalue weighted by Crippen LogP contribution is 2.48. The first-order valence-corrected chi connectivity index (χ1v) is 10.3. The molecule has 0 aliphatic carbocycles. The first kappa shape index (κ1) is 19.0. The molecule has 1 aliphatic heterocycles. The van der Waals surface area contributed by atoms with Crippen LogP contribution in [0.4, 0.5) is 5.69 Å². The molecule has 3 nitrogen and oxygen atoms in total. The number of hydrogen-bond donors (Lipinski definition) is 0. The fourth-order valence-electron chi connectivity index (χ4n) is 4.61. The van der Waals surface area contributed by atoms with Gasteiger partial charge in [0.1, 0.15) is 5.54 Å². The van der Waals surface area contributed by atoms with Crippen molar-refractivity contribution < 1.29 is 9.59 Å². The van der Waals surface area contributed by atoms with E-state index in [9.17, 15) is 9.59 Å². The second-order valence-corrected chi connectivity index (χ2v) is 7.80. The lowest BCUT2D eigenvalue weighted by Crippen LogP contribution is -2.51. The molecule has 3 heteroatoms. The van der Waals surface area contributed by atoms with Gasteiger partial charge < -0.3 is 0 Å². The Bertz CT molecular complexity index is 1170. The summed E-state index contributed by atoms with van der Waals surface area (Å²) in [6.07, 6.45) is 0. The van der Waals surface area contributed by atoms with Crippen molar-refractivity contribution in [2.24, 2.45) is 0 Å². The number of aryl methyl sites for hydroxylation is 1. The molecule has 1 amide bonds. The van der Waals surface area contributed by atoms with Gasteiger partial charge in [-0.25, -0.2) is 0 Å². The Kier molecular flexibility index (Phi) is 4.52. The minimum absolute atomic E-state index is 0.456. The fraction of sp³-hybridized carbons (Fsp3) is 0.0714. The number of amides is 1. The SMILES string of the molecule is Cc1ccc2c(c1)C(=O)C(=O)N2C(c1ccccc1)(c1ccccc1)c1ccccc1. The van der Waals surface area contributed by atoms with Crippen molar-refractivity contribution in [2.45, 2.75) is 12.5 Å². The number of carbonyl (C=O) groups excluding carboxylic acids is 2. The molecule has 0 fully saturated rings. The van der Waals surface area contributed by atoms with Crippen LogP contribution in [0.2, 0.25) is 0 Å². The van der Waals surface area contributed by atoms with E-state index in [1.807, 2.05) is 110 Å². The molecular formula is C28H21NO2. The van der Waals surface area contributed by atoms with Crippen molar-refractivity contribution in [2.75, 3.05) is 4.90 Å². The second-order valence-electron chi connectivity index (χ2n) is 7.80. The molecule has 4 aromatic carbocycles. The molecule has 0 saturated heterocycles. The highest BCUT2D eigenvalue weighted by molar-refractivity contribution is 6.52. The molecule has 0 atom stereocenters. The van der Waals surface area contributed by atoms with E-state index in [0.29, 0.717) is 11.3 Å². The topological polar surface area (TPSA) is 37.4 Å². The molecule has 0 radical (unpaired) electrons. The molecule has 0 bridgehead atoms. The van der Waals surface area contributed by atoms with Crippen molar-refractivity contribution in [3.05, 3.63) is 137 Å². The highest BCUT2D eigenvalue weighted by Gasteiger charge is 2.51. The van der Waals surface area contributed by atoms with E-state index in [1.165, 1.54) is 0 Å². The Balaban J connectivity index is 1.93. The Hall–Kier alpha value is -3.98. The molecule has 0 aromatic heterocycles. The van der Waals surface area contributed by atoms with E-state index in [1.54, 1.807) is 11.0 Å². The first-order chi connectivity index (χ1) is 15.1. The number of rotatable bonds is 4. The zero-order valence-electron chi connectivity index (χ0n) is 17.2. The molecule has 31 heavy (non-hydrogen) atoms. The van der Waals surface area contributed by atoms with Crippen LogP contribution >= 0.6 is 0 Å². The van der Waals surface area contributed by atoms with Crippen LogP contribution in [0.25, 0.3) is 0 Å². The summed E-state index contributed by atoms with van der Waals surface area (Å²) in [5.41, 5.74) is 3.81. The zero-order valence-corrected chi connectivity index (χ0v) is 17.2. The van der Waals surface area contributed by atoms with Crippen LogP contribution in [0.1, 0.15) is 32.6 Å². The van der Waals surface area contributed by atoms with E-state index < -0.39 is 17.2 Å². The standard InChI is InChI=1S/C28H21NO2/c1-20-17-18-25-24(19-20)26(30)27(31)29(25)28(21-11-5-2-6-12-21,22-13-7-3-8-14-22)23-15-9-4-10-16-23/h2-19H,1H3. The van der Waals surface area contributed by atoms with Crippen molar-refractivity contribution >= 4 is 17.4 Å². The van der Waals surface area contributed by atoms with Gasteiger partial charge in [-0.15, -0.1) is 0 Å². The first-order valence-electron chi connectivity index (χ1n) is 10.3. The van der Waals surface area contributed by atoms with Crippen molar-refractivity contribution in [1.82, 2.24) is 0 Å². The van der Waals surface area contributed by atoms with Crippen LogP contribution in [0.15, 0.2) is 109 Å². The number of fused-ring (bicyclic) bond motifs is 1. The summed E-state index contributed by atoms with van der Waals surface area (Å²) in [4.78, 5) is 28.4. The second kappa shape index (κ2) is 7.37. The maximum atomic E-state index is 13.6. The number of benzene rings is 4. The van der Waals surface area contributed by atoms with Gasteiger partial charge in [-0.2, -0.15) is 0 Å². The summed E-state index contributed by atoms with van der Waals surface area (Å²) in [7, 11) is 0. The molecule has 0 saturated carbocycles. The predicted molar refractivity (Wildman–Crippen MR) is 122 cm³/mol. The van der Waals surface area contributed by atoms with E-state index in [-0.39, 0.29) is 0 Å². The van der Waals surface area contributed by atoms with Gasteiger partial charge in [0.2, 0.25) is 0 Å². The normalized spacial score (nSPS) is 13.4. The molecule has 0 unspecified atom stereocenters. The number of ketones is 1. The van der Waals surface area contributed by atoms with Gasteiger partial charge in [-0.1, -0.05) is 103 Å². The minimum atomic E-state index is -0.989. The summed E-state index contributed by atoms with van der Waals surface area (Å²) in [5.74, 6) is -0.983. The molecule has 0 spiro atoms. The summed E-state index contributed by atoms with van der Waals surface area (Å²) in [6, 6.07) is 35.4. The van der Waals surface area contributed by atoms with E-state index in [0.717, 1.165) is 22.3 Å². The van der Waals surface area contributed by atoms with Crippen LogP contribution in [-0.4, -0.2) is 11.7 Å². The highest BCUT2D eigenvalue weighted by atomic mass is 16.2. The van der Waals surface area contributed by atoms with E-state index in [2.05, 4.69) is 0 Å². The zero-order chi connectivity index (χ0) is 21.4. The number of nitrogens with zero attached hydrogens (tertiary/aromatic N) is 1. The molecule has 5 rings (SSSR count). The molecule has 1 heterocycles. The summed E-state index contributed by atoms with van der Waals surface area (Å²) < 4.78 is 0. The fourth-order valence-corrected chi connectivity index (χ4v) is 4.61. The van der Waals surface area contributed by atoms with Gasteiger partial charge in [0.05, 0.1) is 11.3 Å². The quantitative estimate of drug-likeness (QED) is 0.332. The Morgan fingerprint density at radius 1 is 0.613 bits per heavy atom. The lowest BCUT2D eigenvalue weighted by atomic mass is 9.75. The van der Waals surface area contributed by atoms with Gasteiger partial charge >= 0.3 is 5.91 Å². The summed E-state index contributed by atoms with van der Waals surface area (Å²) >= 11 is 0. The summed E-state index contributed by atoms with van der Waals surface area (Å²) in [5, 5.41) is 0. The Morgan fingerprint density at radius 3 is 1.52 bits per heavy atom. The smallest absolute Gasteiger partial charge is 0.286 e. The van der Waals surface area contributed by atoms with E-state index >= 15 is 0 Å². The van der Waals surface area contributed by atoms with Gasteiger partial charge in [0, 0.05) is 0 Å². The van der Waals surface area contributed by atoms with Crippen LogP contribution in [0.5, 0.6) is 0 Å². The number of carbonyl (C=O) groups is 2. The van der Waals surface area contributed by atoms with Crippen molar-refractivity contribution in [3.63, 3.8) is 0 Å². The number of hydrogen-bond acceptors (Lipinski definition) is 2.